The fourth-order valence-corrected chi connectivity index (χ4v) is 2.71. The Balaban J connectivity index is 1.75. The van der Waals surface area contributed by atoms with Crippen molar-refractivity contribution in [2.75, 3.05) is 0 Å². The molecule has 0 unspecified atom stereocenters. The van der Waals surface area contributed by atoms with E-state index < -0.39 is 4.92 Å². The van der Waals surface area contributed by atoms with Crippen molar-refractivity contribution in [3.63, 3.8) is 0 Å². The van der Waals surface area contributed by atoms with Gasteiger partial charge >= 0.3 is 5.00 Å². The number of nitro groups is 1. The molecule has 0 bridgehead atoms. The number of benzene rings is 2. The van der Waals surface area contributed by atoms with Crippen molar-refractivity contribution in [1.29, 1.82) is 0 Å². The number of aliphatic imine (C=N–C) groups is 1. The highest BCUT2D eigenvalue weighted by Crippen LogP contribution is 2.24. The van der Waals surface area contributed by atoms with E-state index in [4.69, 9.17) is 0 Å². The molecule has 2 aromatic carbocycles. The first-order valence-electron chi connectivity index (χ1n) is 6.66. The van der Waals surface area contributed by atoms with Gasteiger partial charge in [-0.25, -0.2) is 0 Å². The zero-order chi connectivity index (χ0) is 15.4. The van der Waals surface area contributed by atoms with E-state index in [0.717, 1.165) is 33.0 Å². The Morgan fingerprint density at radius 3 is 2.23 bits per heavy atom. The fraction of sp³-hybridized carbons (Fsp3) is 0. The fourth-order valence-electron chi connectivity index (χ4n) is 2.02. The van der Waals surface area contributed by atoms with Crippen LogP contribution in [0.2, 0.25) is 0 Å². The van der Waals surface area contributed by atoms with Gasteiger partial charge in [0.25, 0.3) is 0 Å². The molecule has 0 saturated heterocycles. The third kappa shape index (κ3) is 3.27. The summed E-state index contributed by atoms with van der Waals surface area (Å²) in [6, 6.07) is 21.2. The smallest absolute Gasteiger partial charge is 0.258 e. The molecule has 0 aliphatic carbocycles. The maximum atomic E-state index is 10.6. The largest absolute Gasteiger partial charge is 0.324 e. The third-order valence-electron chi connectivity index (χ3n) is 3.11. The molecular formula is C17H12N2O2S. The van der Waals surface area contributed by atoms with Crippen LogP contribution in [0.15, 0.2) is 71.7 Å². The molecule has 0 spiro atoms. The lowest BCUT2D eigenvalue weighted by molar-refractivity contribution is -0.380. The molecule has 3 rings (SSSR count). The summed E-state index contributed by atoms with van der Waals surface area (Å²) in [6.07, 6.45) is 1.65. The van der Waals surface area contributed by atoms with Crippen molar-refractivity contribution in [1.82, 2.24) is 0 Å². The van der Waals surface area contributed by atoms with Gasteiger partial charge < -0.3 is 0 Å². The van der Waals surface area contributed by atoms with Gasteiger partial charge in [0.15, 0.2) is 0 Å². The van der Waals surface area contributed by atoms with E-state index in [1.807, 2.05) is 42.5 Å². The lowest BCUT2D eigenvalue weighted by atomic mass is 10.1. The van der Waals surface area contributed by atoms with Crippen LogP contribution in [-0.2, 0) is 0 Å². The quantitative estimate of drug-likeness (QED) is 0.383. The minimum absolute atomic E-state index is 0.126. The maximum absolute atomic E-state index is 10.6. The van der Waals surface area contributed by atoms with Crippen molar-refractivity contribution in [2.24, 2.45) is 4.99 Å². The molecule has 4 nitrogen and oxygen atoms in total. The summed E-state index contributed by atoms with van der Waals surface area (Å²) in [4.78, 5) is 15.3. The Labute approximate surface area is 131 Å². The third-order valence-corrected chi connectivity index (χ3v) is 4.08. The summed E-state index contributed by atoms with van der Waals surface area (Å²) in [5.74, 6) is 0. The average molecular weight is 308 g/mol. The summed E-state index contributed by atoms with van der Waals surface area (Å²) >= 11 is 1.11. The highest BCUT2D eigenvalue weighted by molar-refractivity contribution is 7.16. The first-order chi connectivity index (χ1) is 10.7. The van der Waals surface area contributed by atoms with E-state index >= 15 is 0 Å². The second-order valence-electron chi connectivity index (χ2n) is 4.60. The van der Waals surface area contributed by atoms with Crippen molar-refractivity contribution >= 4 is 28.2 Å². The minimum Gasteiger partial charge on any atom is -0.258 e. The van der Waals surface area contributed by atoms with Crippen LogP contribution >= 0.6 is 11.3 Å². The Hall–Kier alpha value is -2.79. The monoisotopic (exact) mass is 308 g/mol. The molecule has 22 heavy (non-hydrogen) atoms. The molecule has 0 radical (unpaired) electrons. The van der Waals surface area contributed by atoms with E-state index in [9.17, 15) is 10.1 Å². The normalized spacial score (nSPS) is 10.9. The van der Waals surface area contributed by atoms with Gasteiger partial charge in [-0.1, -0.05) is 53.8 Å². The summed E-state index contributed by atoms with van der Waals surface area (Å²) < 4.78 is 0. The van der Waals surface area contributed by atoms with Crippen LogP contribution in [-0.4, -0.2) is 11.1 Å². The molecule has 108 valence electrons. The molecule has 0 amide bonds. The minimum atomic E-state index is -0.392. The van der Waals surface area contributed by atoms with E-state index in [-0.39, 0.29) is 5.00 Å². The zero-order valence-corrected chi connectivity index (χ0v) is 12.4. The Morgan fingerprint density at radius 1 is 0.909 bits per heavy atom. The number of hydrogen-bond donors (Lipinski definition) is 0. The SMILES string of the molecule is O=[N+]([O-])c1ccc(C=Nc2ccc(-c3ccccc3)cc2)s1. The number of hydrogen-bond acceptors (Lipinski definition) is 4. The van der Waals surface area contributed by atoms with E-state index in [2.05, 4.69) is 17.1 Å². The second-order valence-corrected chi connectivity index (χ2v) is 5.70. The van der Waals surface area contributed by atoms with Crippen LogP contribution in [0.1, 0.15) is 4.88 Å². The summed E-state index contributed by atoms with van der Waals surface area (Å²) in [5, 5.41) is 10.8. The molecule has 1 heterocycles. The summed E-state index contributed by atoms with van der Waals surface area (Å²) in [7, 11) is 0. The second kappa shape index (κ2) is 6.32. The molecule has 0 fully saturated rings. The van der Waals surface area contributed by atoms with Crippen molar-refractivity contribution < 1.29 is 4.92 Å². The van der Waals surface area contributed by atoms with Crippen LogP contribution in [0.3, 0.4) is 0 Å². The Bertz CT molecular complexity index is 808. The van der Waals surface area contributed by atoms with Gasteiger partial charge in [-0.15, -0.1) is 0 Å². The standard InChI is InChI=1S/C17H12N2O2S/c20-19(21)17-11-10-16(22-17)12-18-15-8-6-14(7-9-15)13-4-2-1-3-5-13/h1-12H. The topological polar surface area (TPSA) is 55.5 Å². The van der Waals surface area contributed by atoms with Crippen molar-refractivity contribution in [2.45, 2.75) is 0 Å². The van der Waals surface area contributed by atoms with Gasteiger partial charge in [-0.05, 0) is 29.3 Å². The summed E-state index contributed by atoms with van der Waals surface area (Å²) in [5.41, 5.74) is 3.11. The summed E-state index contributed by atoms with van der Waals surface area (Å²) in [6.45, 7) is 0. The Kier molecular flexibility index (Phi) is 4.07. The Morgan fingerprint density at radius 2 is 1.59 bits per heavy atom. The zero-order valence-electron chi connectivity index (χ0n) is 11.5. The molecule has 3 aromatic rings. The van der Waals surface area contributed by atoms with E-state index in [1.165, 1.54) is 6.07 Å². The average Bonchev–Trinajstić information content (AvgIpc) is 3.04. The van der Waals surface area contributed by atoms with Crippen LogP contribution in [0, 0.1) is 10.1 Å². The molecule has 5 heteroatoms. The van der Waals surface area contributed by atoms with Crippen LogP contribution in [0.25, 0.3) is 11.1 Å². The van der Waals surface area contributed by atoms with Gasteiger partial charge in [0.1, 0.15) is 0 Å². The molecule has 0 aliphatic rings. The maximum Gasteiger partial charge on any atom is 0.324 e. The van der Waals surface area contributed by atoms with E-state index in [0.29, 0.717) is 0 Å². The van der Waals surface area contributed by atoms with Gasteiger partial charge in [-0.2, -0.15) is 0 Å². The predicted molar refractivity (Wildman–Crippen MR) is 90.1 cm³/mol. The van der Waals surface area contributed by atoms with Crippen molar-refractivity contribution in [3.05, 3.63) is 81.7 Å². The van der Waals surface area contributed by atoms with Crippen LogP contribution in [0.4, 0.5) is 10.7 Å². The van der Waals surface area contributed by atoms with Crippen molar-refractivity contribution in [3.8, 4) is 11.1 Å². The van der Waals surface area contributed by atoms with E-state index in [1.54, 1.807) is 12.3 Å². The van der Waals surface area contributed by atoms with Gasteiger partial charge in [0, 0.05) is 12.3 Å². The van der Waals surface area contributed by atoms with Crippen LogP contribution < -0.4 is 0 Å². The molecule has 0 atom stereocenters. The van der Waals surface area contributed by atoms with Gasteiger partial charge in [-0.3, -0.25) is 15.1 Å². The van der Waals surface area contributed by atoms with Gasteiger partial charge in [0.05, 0.1) is 15.5 Å². The predicted octanol–water partition coefficient (Wildman–Crippen LogP) is 5.07. The number of nitrogens with zero attached hydrogens (tertiary/aromatic N) is 2. The molecule has 0 N–H and O–H groups in total. The first kappa shape index (κ1) is 14.2. The van der Waals surface area contributed by atoms with Gasteiger partial charge in [0.2, 0.25) is 0 Å². The number of rotatable bonds is 4. The first-order valence-corrected chi connectivity index (χ1v) is 7.48. The molecule has 1 aromatic heterocycles. The molecular weight excluding hydrogens is 296 g/mol. The lowest BCUT2D eigenvalue weighted by Crippen LogP contribution is -1.80. The highest BCUT2D eigenvalue weighted by atomic mass is 32.1. The number of thiophene rings is 1. The highest BCUT2D eigenvalue weighted by Gasteiger charge is 2.07. The molecule has 0 aliphatic heterocycles. The van der Waals surface area contributed by atoms with Crippen LogP contribution in [0.5, 0.6) is 0 Å². The molecule has 0 saturated carbocycles. The lowest BCUT2D eigenvalue weighted by Gasteiger charge is -2.01.